The lowest BCUT2D eigenvalue weighted by Crippen LogP contribution is -2.15. The Labute approximate surface area is 119 Å². The molecule has 0 amide bonds. The van der Waals surface area contributed by atoms with Crippen LogP contribution in [0, 0.1) is 10.5 Å². The van der Waals surface area contributed by atoms with Crippen LogP contribution in [0.4, 0.5) is 0 Å². The van der Waals surface area contributed by atoms with Gasteiger partial charge in [-0.3, -0.25) is 0 Å². The first-order chi connectivity index (χ1) is 8.74. The van der Waals surface area contributed by atoms with Gasteiger partial charge in [-0.2, -0.15) is 0 Å². The van der Waals surface area contributed by atoms with E-state index in [1.54, 1.807) is 0 Å². The van der Waals surface area contributed by atoms with E-state index in [0.717, 1.165) is 5.56 Å². The van der Waals surface area contributed by atoms with Crippen LogP contribution >= 0.6 is 22.6 Å². The molecule has 1 aromatic heterocycles. The Balaban J connectivity index is 1.80. The summed E-state index contributed by atoms with van der Waals surface area (Å²) in [4.78, 5) is 0. The van der Waals surface area contributed by atoms with Crippen LogP contribution in [0.25, 0.3) is 11.5 Å². The lowest BCUT2D eigenvalue weighted by atomic mass is 10.1. The van der Waals surface area contributed by atoms with Crippen molar-refractivity contribution in [3.05, 3.63) is 33.2 Å². The number of nitrogens with one attached hydrogen (secondary N) is 1. The van der Waals surface area contributed by atoms with Crippen LogP contribution in [0.3, 0.4) is 0 Å². The molecule has 18 heavy (non-hydrogen) atoms. The maximum Gasteiger partial charge on any atom is 0.248 e. The number of rotatable bonds is 4. The van der Waals surface area contributed by atoms with Gasteiger partial charge in [-0.25, -0.2) is 0 Å². The fraction of sp³-hybridized carbons (Fsp3) is 0.385. The van der Waals surface area contributed by atoms with Crippen molar-refractivity contribution in [2.75, 3.05) is 0 Å². The zero-order valence-electron chi connectivity index (χ0n) is 10.1. The first-order valence-corrected chi connectivity index (χ1v) is 7.13. The lowest BCUT2D eigenvalue weighted by Gasteiger charge is -2.02. The van der Waals surface area contributed by atoms with Crippen molar-refractivity contribution in [1.29, 1.82) is 0 Å². The summed E-state index contributed by atoms with van der Waals surface area (Å²) in [6, 6.07) is 6.76. The van der Waals surface area contributed by atoms with Gasteiger partial charge in [0.1, 0.15) is 0 Å². The summed E-state index contributed by atoms with van der Waals surface area (Å²) >= 11 is 2.32. The zero-order valence-corrected chi connectivity index (χ0v) is 12.3. The predicted molar refractivity (Wildman–Crippen MR) is 77.0 cm³/mol. The molecule has 0 bridgehead atoms. The molecule has 0 aliphatic heterocycles. The molecule has 4 nitrogen and oxygen atoms in total. The monoisotopic (exact) mass is 355 g/mol. The summed E-state index contributed by atoms with van der Waals surface area (Å²) < 4.78 is 6.86. The molecular formula is C13H14IN3O. The van der Waals surface area contributed by atoms with E-state index in [9.17, 15) is 0 Å². The van der Waals surface area contributed by atoms with Crippen LogP contribution in [-0.4, -0.2) is 16.2 Å². The summed E-state index contributed by atoms with van der Waals surface area (Å²) in [6.45, 7) is 2.75. The second-order valence-corrected chi connectivity index (χ2v) is 5.67. The number of hydrogen-bond donors (Lipinski definition) is 1. The van der Waals surface area contributed by atoms with Crippen molar-refractivity contribution in [2.45, 2.75) is 32.4 Å². The maximum absolute atomic E-state index is 5.69. The van der Waals surface area contributed by atoms with Gasteiger partial charge in [-0.15, -0.1) is 10.2 Å². The number of halogens is 1. The summed E-state index contributed by atoms with van der Waals surface area (Å²) in [7, 11) is 0. The minimum absolute atomic E-state index is 0.607. The molecule has 0 spiro atoms. The van der Waals surface area contributed by atoms with Crippen LogP contribution in [-0.2, 0) is 6.54 Å². The largest absolute Gasteiger partial charge is 0.419 e. The standard InChI is InChI=1S/C13H14IN3O/c1-8-3-2-4-10(12(8)14)13-17-16-11(18-13)7-15-9-5-6-9/h2-4,9,15H,5-7H2,1H3. The summed E-state index contributed by atoms with van der Waals surface area (Å²) in [6.07, 6.45) is 2.52. The van der Waals surface area contributed by atoms with Crippen LogP contribution < -0.4 is 5.32 Å². The quantitative estimate of drug-likeness (QED) is 0.857. The highest BCUT2D eigenvalue weighted by Gasteiger charge is 2.21. The van der Waals surface area contributed by atoms with Crippen molar-refractivity contribution in [3.8, 4) is 11.5 Å². The first-order valence-electron chi connectivity index (χ1n) is 6.05. The van der Waals surface area contributed by atoms with Crippen LogP contribution in [0.1, 0.15) is 24.3 Å². The van der Waals surface area contributed by atoms with Crippen molar-refractivity contribution in [1.82, 2.24) is 15.5 Å². The van der Waals surface area contributed by atoms with Gasteiger partial charge in [0, 0.05) is 9.61 Å². The second-order valence-electron chi connectivity index (χ2n) is 4.59. The summed E-state index contributed by atoms with van der Waals surface area (Å²) in [5.41, 5.74) is 2.24. The lowest BCUT2D eigenvalue weighted by molar-refractivity contribution is 0.476. The van der Waals surface area contributed by atoms with Gasteiger partial charge in [-0.05, 0) is 54.0 Å². The SMILES string of the molecule is Cc1cccc(-c2nnc(CNC3CC3)o2)c1I. The molecule has 1 aromatic carbocycles. The Morgan fingerprint density at radius 1 is 1.39 bits per heavy atom. The van der Waals surface area contributed by atoms with E-state index in [-0.39, 0.29) is 0 Å². The van der Waals surface area contributed by atoms with E-state index in [2.05, 4.69) is 51.1 Å². The molecule has 1 aliphatic carbocycles. The molecule has 2 aromatic rings. The van der Waals surface area contributed by atoms with Crippen molar-refractivity contribution in [2.24, 2.45) is 0 Å². The molecule has 0 atom stereocenters. The second kappa shape index (κ2) is 4.97. The molecule has 3 rings (SSSR count). The van der Waals surface area contributed by atoms with Crippen molar-refractivity contribution < 1.29 is 4.42 Å². The number of aromatic nitrogens is 2. The van der Waals surface area contributed by atoms with Gasteiger partial charge in [0.05, 0.1) is 12.1 Å². The highest BCUT2D eigenvalue weighted by molar-refractivity contribution is 14.1. The average Bonchev–Trinajstić information content (AvgIpc) is 3.08. The van der Waals surface area contributed by atoms with E-state index in [4.69, 9.17) is 4.42 Å². The van der Waals surface area contributed by atoms with Crippen molar-refractivity contribution in [3.63, 3.8) is 0 Å². The Morgan fingerprint density at radius 3 is 3.00 bits per heavy atom. The highest BCUT2D eigenvalue weighted by Crippen LogP contribution is 2.26. The van der Waals surface area contributed by atoms with Gasteiger partial charge in [0.25, 0.3) is 0 Å². The van der Waals surface area contributed by atoms with Gasteiger partial charge in [-0.1, -0.05) is 12.1 Å². The van der Waals surface area contributed by atoms with E-state index in [1.807, 2.05) is 12.1 Å². The third-order valence-electron chi connectivity index (χ3n) is 3.01. The number of aryl methyl sites for hydroxylation is 1. The molecule has 0 radical (unpaired) electrons. The number of benzene rings is 1. The molecule has 0 saturated heterocycles. The number of nitrogens with zero attached hydrogens (tertiary/aromatic N) is 2. The normalized spacial score (nSPS) is 15.0. The minimum Gasteiger partial charge on any atom is -0.419 e. The van der Waals surface area contributed by atoms with Crippen LogP contribution in [0.5, 0.6) is 0 Å². The van der Waals surface area contributed by atoms with E-state index < -0.39 is 0 Å². The smallest absolute Gasteiger partial charge is 0.248 e. The molecule has 1 aliphatic rings. The molecular weight excluding hydrogens is 341 g/mol. The van der Waals surface area contributed by atoms with Crippen LogP contribution in [0.15, 0.2) is 22.6 Å². The zero-order chi connectivity index (χ0) is 12.5. The summed E-state index contributed by atoms with van der Waals surface area (Å²) in [5, 5.41) is 11.6. The first kappa shape index (κ1) is 12.1. The summed E-state index contributed by atoms with van der Waals surface area (Å²) in [5.74, 6) is 1.27. The Hall–Kier alpha value is -0.950. The minimum atomic E-state index is 0.607. The maximum atomic E-state index is 5.69. The third-order valence-corrected chi connectivity index (χ3v) is 4.44. The average molecular weight is 355 g/mol. The molecule has 5 heteroatoms. The van der Waals surface area contributed by atoms with E-state index in [1.165, 1.54) is 22.0 Å². The fourth-order valence-corrected chi connectivity index (χ4v) is 2.36. The Bertz CT molecular complexity index is 563. The topological polar surface area (TPSA) is 51.0 Å². The number of hydrogen-bond acceptors (Lipinski definition) is 4. The molecule has 1 N–H and O–H groups in total. The molecule has 1 heterocycles. The molecule has 1 fully saturated rings. The molecule has 1 saturated carbocycles. The van der Waals surface area contributed by atoms with E-state index in [0.29, 0.717) is 24.4 Å². The van der Waals surface area contributed by atoms with E-state index >= 15 is 0 Å². The predicted octanol–water partition coefficient (Wildman–Crippen LogP) is 2.90. The molecule has 94 valence electrons. The van der Waals surface area contributed by atoms with Gasteiger partial charge in [0.2, 0.25) is 11.8 Å². The Morgan fingerprint density at radius 2 is 2.22 bits per heavy atom. The van der Waals surface area contributed by atoms with Crippen LogP contribution in [0.2, 0.25) is 0 Å². The molecule has 0 unspecified atom stereocenters. The highest BCUT2D eigenvalue weighted by atomic mass is 127. The Kier molecular flexibility index (Phi) is 3.34. The van der Waals surface area contributed by atoms with Gasteiger partial charge >= 0.3 is 0 Å². The van der Waals surface area contributed by atoms with Crippen molar-refractivity contribution >= 4 is 22.6 Å². The third kappa shape index (κ3) is 2.56. The van der Waals surface area contributed by atoms with Gasteiger partial charge in [0.15, 0.2) is 0 Å². The fourth-order valence-electron chi connectivity index (χ4n) is 1.77. The van der Waals surface area contributed by atoms with Gasteiger partial charge < -0.3 is 9.73 Å².